The lowest BCUT2D eigenvalue weighted by atomic mass is 9.78. The third kappa shape index (κ3) is 4.76. The third-order valence-corrected chi connectivity index (χ3v) is 6.13. The van der Waals surface area contributed by atoms with Gasteiger partial charge in [0, 0.05) is 25.3 Å². The Balaban J connectivity index is 1.58. The summed E-state index contributed by atoms with van der Waals surface area (Å²) in [6.45, 7) is 1.50. The van der Waals surface area contributed by atoms with Gasteiger partial charge >= 0.3 is 5.97 Å². The second kappa shape index (κ2) is 8.97. The molecule has 1 amide bonds. The van der Waals surface area contributed by atoms with Crippen LogP contribution in [0.1, 0.15) is 29.6 Å². The van der Waals surface area contributed by atoms with E-state index in [1.165, 1.54) is 7.11 Å². The van der Waals surface area contributed by atoms with Gasteiger partial charge in [0.25, 0.3) is 0 Å². The maximum atomic E-state index is 12.3. The molecular formula is C20H27NO5S. The van der Waals surface area contributed by atoms with Crippen molar-refractivity contribution in [3.8, 4) is 5.75 Å². The Kier molecular flexibility index (Phi) is 6.65. The maximum absolute atomic E-state index is 12.3. The molecule has 1 saturated heterocycles. The number of amides is 1. The van der Waals surface area contributed by atoms with Gasteiger partial charge in [-0.1, -0.05) is 0 Å². The van der Waals surface area contributed by atoms with Gasteiger partial charge in [-0.2, -0.15) is 11.8 Å². The van der Waals surface area contributed by atoms with E-state index in [0.717, 1.165) is 25.3 Å². The number of hydrogen-bond donors (Lipinski definition) is 1. The van der Waals surface area contributed by atoms with Crippen LogP contribution in [0, 0.1) is 11.8 Å². The Bertz CT molecular complexity index is 665. The standard InChI is InChI=1S/C20H27NO5S/c1-25-20(24)13-3-5-16(6-4-13)26-18-10-15-12-21(19(23)7-8-27-2)11-14(15)9-17(18)22/h3-6,14-15,17-18,22H,7-12H2,1-2H3/t14-,15+,17-,18-/m0/s1. The molecule has 1 aromatic rings. The van der Waals surface area contributed by atoms with Gasteiger partial charge in [0.05, 0.1) is 18.8 Å². The van der Waals surface area contributed by atoms with Crippen LogP contribution in [-0.4, -0.2) is 66.3 Å². The number of benzene rings is 1. The van der Waals surface area contributed by atoms with Crippen LogP contribution >= 0.6 is 11.8 Å². The van der Waals surface area contributed by atoms with Crippen molar-refractivity contribution in [1.82, 2.24) is 4.90 Å². The van der Waals surface area contributed by atoms with Crippen molar-refractivity contribution in [2.24, 2.45) is 11.8 Å². The van der Waals surface area contributed by atoms with Crippen molar-refractivity contribution in [1.29, 1.82) is 0 Å². The molecule has 2 aliphatic rings. The van der Waals surface area contributed by atoms with E-state index in [9.17, 15) is 14.7 Å². The Labute approximate surface area is 164 Å². The highest BCUT2D eigenvalue weighted by atomic mass is 32.2. The highest BCUT2D eigenvalue weighted by Crippen LogP contribution is 2.38. The normalized spacial score (nSPS) is 27.1. The fraction of sp³-hybridized carbons (Fsp3) is 0.600. The molecule has 1 aromatic carbocycles. The van der Waals surface area contributed by atoms with Crippen LogP contribution < -0.4 is 4.74 Å². The van der Waals surface area contributed by atoms with Gasteiger partial charge in [0.15, 0.2) is 0 Å². The van der Waals surface area contributed by atoms with Crippen LogP contribution in [0.2, 0.25) is 0 Å². The van der Waals surface area contributed by atoms with Gasteiger partial charge in [-0.15, -0.1) is 0 Å². The van der Waals surface area contributed by atoms with Crippen molar-refractivity contribution < 1.29 is 24.2 Å². The van der Waals surface area contributed by atoms with Crippen molar-refractivity contribution in [3.63, 3.8) is 0 Å². The molecule has 1 aliphatic heterocycles. The fourth-order valence-corrected chi connectivity index (χ4v) is 4.41. The minimum atomic E-state index is -0.548. The first kappa shape index (κ1) is 20.0. The molecule has 3 rings (SSSR count). The average molecular weight is 394 g/mol. The number of fused-ring (bicyclic) bond motifs is 1. The molecule has 1 N–H and O–H groups in total. The number of carbonyl (C=O) groups excluding carboxylic acids is 2. The number of ether oxygens (including phenoxy) is 2. The van der Waals surface area contributed by atoms with Crippen LogP contribution in [0.4, 0.5) is 0 Å². The van der Waals surface area contributed by atoms with Crippen LogP contribution in [0.5, 0.6) is 5.75 Å². The largest absolute Gasteiger partial charge is 0.488 e. The predicted molar refractivity (Wildman–Crippen MR) is 104 cm³/mol. The van der Waals surface area contributed by atoms with E-state index in [1.807, 2.05) is 11.2 Å². The number of likely N-dealkylation sites (tertiary alicyclic amines) is 1. The molecule has 27 heavy (non-hydrogen) atoms. The lowest BCUT2D eigenvalue weighted by molar-refractivity contribution is -0.129. The minimum Gasteiger partial charge on any atom is -0.488 e. The van der Waals surface area contributed by atoms with Crippen molar-refractivity contribution in [2.45, 2.75) is 31.5 Å². The Morgan fingerprint density at radius 2 is 1.85 bits per heavy atom. The zero-order chi connectivity index (χ0) is 19.4. The molecule has 0 bridgehead atoms. The number of aliphatic hydroxyl groups excluding tert-OH is 1. The monoisotopic (exact) mass is 393 g/mol. The molecule has 0 spiro atoms. The van der Waals surface area contributed by atoms with E-state index in [0.29, 0.717) is 36.0 Å². The summed E-state index contributed by atoms with van der Waals surface area (Å²) >= 11 is 1.68. The maximum Gasteiger partial charge on any atom is 0.337 e. The van der Waals surface area contributed by atoms with Gasteiger partial charge in [0.1, 0.15) is 11.9 Å². The van der Waals surface area contributed by atoms with Crippen molar-refractivity contribution >= 4 is 23.6 Å². The Morgan fingerprint density at radius 1 is 1.19 bits per heavy atom. The van der Waals surface area contributed by atoms with E-state index >= 15 is 0 Å². The molecule has 7 heteroatoms. The number of esters is 1. The second-order valence-corrected chi connectivity index (χ2v) is 8.26. The molecule has 1 aliphatic carbocycles. The smallest absolute Gasteiger partial charge is 0.337 e. The Morgan fingerprint density at radius 3 is 2.48 bits per heavy atom. The summed E-state index contributed by atoms with van der Waals surface area (Å²) in [7, 11) is 1.35. The van der Waals surface area contributed by atoms with Crippen LogP contribution in [0.3, 0.4) is 0 Å². The molecule has 0 unspecified atom stereocenters. The van der Waals surface area contributed by atoms with Gasteiger partial charge in [0.2, 0.25) is 5.91 Å². The number of aliphatic hydroxyl groups is 1. The topological polar surface area (TPSA) is 76.1 Å². The van der Waals surface area contributed by atoms with Crippen LogP contribution in [-0.2, 0) is 9.53 Å². The first-order chi connectivity index (χ1) is 13.0. The molecule has 1 heterocycles. The summed E-state index contributed by atoms with van der Waals surface area (Å²) in [4.78, 5) is 25.8. The summed E-state index contributed by atoms with van der Waals surface area (Å²) in [6, 6.07) is 6.75. The van der Waals surface area contributed by atoms with Gasteiger partial charge in [-0.25, -0.2) is 4.79 Å². The molecule has 4 atom stereocenters. The van der Waals surface area contributed by atoms with Crippen LogP contribution in [0.15, 0.2) is 24.3 Å². The third-order valence-electron chi connectivity index (χ3n) is 5.52. The number of nitrogens with zero attached hydrogens (tertiary/aromatic N) is 1. The van der Waals surface area contributed by atoms with E-state index in [2.05, 4.69) is 0 Å². The van der Waals surface area contributed by atoms with Crippen LogP contribution in [0.25, 0.3) is 0 Å². The predicted octanol–water partition coefficient (Wildman–Crippen LogP) is 2.20. The zero-order valence-electron chi connectivity index (χ0n) is 15.8. The molecule has 6 nitrogen and oxygen atoms in total. The van der Waals surface area contributed by atoms with Crippen molar-refractivity contribution in [3.05, 3.63) is 29.8 Å². The molecule has 2 fully saturated rings. The van der Waals surface area contributed by atoms with E-state index in [-0.39, 0.29) is 18.0 Å². The summed E-state index contributed by atoms with van der Waals surface area (Å²) in [5, 5.41) is 10.5. The van der Waals surface area contributed by atoms with Gasteiger partial charge < -0.3 is 19.5 Å². The fourth-order valence-electron chi connectivity index (χ4n) is 4.03. The Hall–Kier alpha value is -1.73. The second-order valence-electron chi connectivity index (χ2n) is 7.27. The number of thioether (sulfide) groups is 1. The lowest BCUT2D eigenvalue weighted by Crippen LogP contribution is -2.42. The number of methoxy groups -OCH3 is 1. The first-order valence-corrected chi connectivity index (χ1v) is 10.7. The number of rotatable bonds is 6. The summed E-state index contributed by atoms with van der Waals surface area (Å²) < 4.78 is 10.7. The summed E-state index contributed by atoms with van der Waals surface area (Å²) in [5.74, 6) is 2.01. The lowest BCUT2D eigenvalue weighted by Gasteiger charge is -2.35. The highest BCUT2D eigenvalue weighted by Gasteiger charge is 2.43. The zero-order valence-corrected chi connectivity index (χ0v) is 16.6. The SMILES string of the molecule is COC(=O)c1ccc(O[C@H]2C[C@@H]3CN(C(=O)CCSC)C[C@@H]3C[C@@H]2O)cc1. The van der Waals surface area contributed by atoms with Crippen molar-refractivity contribution in [2.75, 3.05) is 32.2 Å². The molecule has 0 radical (unpaired) electrons. The van der Waals surface area contributed by atoms with E-state index in [4.69, 9.17) is 9.47 Å². The molecule has 0 aromatic heterocycles. The summed E-state index contributed by atoms with van der Waals surface area (Å²) in [6.07, 6.45) is 3.13. The number of hydrogen-bond acceptors (Lipinski definition) is 6. The quantitative estimate of drug-likeness (QED) is 0.747. The van der Waals surface area contributed by atoms with Gasteiger partial charge in [-0.05, 0) is 55.2 Å². The van der Waals surface area contributed by atoms with E-state index in [1.54, 1.807) is 36.0 Å². The first-order valence-electron chi connectivity index (χ1n) is 9.31. The molecule has 1 saturated carbocycles. The highest BCUT2D eigenvalue weighted by molar-refractivity contribution is 7.98. The molecule has 148 valence electrons. The van der Waals surface area contributed by atoms with Gasteiger partial charge in [-0.3, -0.25) is 4.79 Å². The van der Waals surface area contributed by atoms with E-state index < -0.39 is 6.10 Å². The summed E-state index contributed by atoms with van der Waals surface area (Å²) in [5.41, 5.74) is 0.462. The average Bonchev–Trinajstić information content (AvgIpc) is 3.09. The number of carbonyl (C=O) groups is 2. The minimum absolute atomic E-state index is 0.212. The molecular weight excluding hydrogens is 366 g/mol.